The SMILES string of the molecule is C=C\C=C/C=C\C=C/CC. The van der Waals surface area contributed by atoms with Gasteiger partial charge in [0.05, 0.1) is 0 Å². The first-order chi connectivity index (χ1) is 4.91. The molecule has 0 saturated carbocycles. The second-order valence-corrected chi connectivity index (χ2v) is 1.84. The third-order valence-electron chi connectivity index (χ3n) is 0.952. The van der Waals surface area contributed by atoms with Gasteiger partial charge in [-0.3, -0.25) is 0 Å². The van der Waals surface area contributed by atoms with Gasteiger partial charge in [0.2, 0.25) is 0 Å². The summed E-state index contributed by atoms with van der Waals surface area (Å²) in [6, 6.07) is 0. The minimum Gasteiger partial charge on any atom is -0.0991 e. The van der Waals surface area contributed by atoms with Gasteiger partial charge in [0, 0.05) is 0 Å². The van der Waals surface area contributed by atoms with E-state index >= 15 is 0 Å². The molecule has 0 saturated heterocycles. The molecule has 0 nitrogen and oxygen atoms in total. The van der Waals surface area contributed by atoms with Crippen molar-refractivity contribution in [1.29, 1.82) is 0 Å². The van der Waals surface area contributed by atoms with Crippen molar-refractivity contribution in [2.24, 2.45) is 0 Å². The molecule has 0 spiro atoms. The lowest BCUT2D eigenvalue weighted by Gasteiger charge is -1.73. The Balaban J connectivity index is 3.46. The summed E-state index contributed by atoms with van der Waals surface area (Å²) < 4.78 is 0. The molecule has 0 fully saturated rings. The van der Waals surface area contributed by atoms with Crippen LogP contribution in [0.4, 0.5) is 0 Å². The molecular formula is C10H14. The van der Waals surface area contributed by atoms with Gasteiger partial charge in [-0.15, -0.1) is 0 Å². The van der Waals surface area contributed by atoms with Gasteiger partial charge < -0.3 is 0 Å². The highest BCUT2D eigenvalue weighted by molar-refractivity contribution is 5.13. The van der Waals surface area contributed by atoms with Crippen LogP contribution in [0.5, 0.6) is 0 Å². The highest BCUT2D eigenvalue weighted by Gasteiger charge is 1.61. The molecule has 0 aliphatic carbocycles. The summed E-state index contributed by atoms with van der Waals surface area (Å²) in [6.07, 6.45) is 14.8. The molecule has 0 radical (unpaired) electrons. The van der Waals surface area contributed by atoms with Crippen LogP contribution in [0.25, 0.3) is 0 Å². The van der Waals surface area contributed by atoms with Crippen LogP contribution in [0.3, 0.4) is 0 Å². The molecular weight excluding hydrogens is 120 g/mol. The van der Waals surface area contributed by atoms with Crippen molar-refractivity contribution in [2.75, 3.05) is 0 Å². The van der Waals surface area contributed by atoms with E-state index in [-0.39, 0.29) is 0 Å². The molecule has 0 atom stereocenters. The van der Waals surface area contributed by atoms with Crippen molar-refractivity contribution < 1.29 is 0 Å². The van der Waals surface area contributed by atoms with Crippen LogP contribution in [0, 0.1) is 0 Å². The number of rotatable bonds is 4. The van der Waals surface area contributed by atoms with E-state index in [1.165, 1.54) is 0 Å². The second kappa shape index (κ2) is 7.96. The molecule has 0 heterocycles. The topological polar surface area (TPSA) is 0 Å². The number of hydrogen-bond acceptors (Lipinski definition) is 0. The Morgan fingerprint density at radius 2 is 1.60 bits per heavy atom. The number of hydrogen-bond donors (Lipinski definition) is 0. The molecule has 0 unspecified atom stereocenters. The van der Waals surface area contributed by atoms with Crippen LogP contribution in [0.15, 0.2) is 49.1 Å². The van der Waals surface area contributed by atoms with E-state index in [0.717, 1.165) is 6.42 Å². The maximum absolute atomic E-state index is 3.56. The first-order valence-electron chi connectivity index (χ1n) is 3.52. The van der Waals surface area contributed by atoms with Crippen LogP contribution in [-0.2, 0) is 0 Å². The average Bonchev–Trinajstić information content (AvgIpc) is 1.97. The first kappa shape index (κ1) is 8.96. The molecule has 0 N–H and O–H groups in total. The largest absolute Gasteiger partial charge is 0.0991 e. The van der Waals surface area contributed by atoms with Crippen molar-refractivity contribution in [3.05, 3.63) is 49.1 Å². The van der Waals surface area contributed by atoms with E-state index in [1.54, 1.807) is 6.08 Å². The van der Waals surface area contributed by atoms with E-state index in [9.17, 15) is 0 Å². The van der Waals surface area contributed by atoms with Crippen LogP contribution in [0.2, 0.25) is 0 Å². The lowest BCUT2D eigenvalue weighted by molar-refractivity contribution is 1.22. The molecule has 0 aliphatic heterocycles. The van der Waals surface area contributed by atoms with E-state index in [2.05, 4.69) is 19.6 Å². The van der Waals surface area contributed by atoms with Crippen molar-refractivity contribution in [1.82, 2.24) is 0 Å². The summed E-state index contributed by atoms with van der Waals surface area (Å²) in [5, 5.41) is 0. The molecule has 0 aliphatic rings. The zero-order valence-corrected chi connectivity index (χ0v) is 6.46. The fraction of sp³-hybridized carbons (Fsp3) is 0.200. The molecule has 54 valence electrons. The van der Waals surface area contributed by atoms with Gasteiger partial charge in [-0.05, 0) is 6.42 Å². The van der Waals surface area contributed by atoms with Gasteiger partial charge in [-0.1, -0.05) is 56.0 Å². The smallest absolute Gasteiger partial charge is 0.0376 e. The molecule has 0 aromatic heterocycles. The predicted molar refractivity (Wildman–Crippen MR) is 47.9 cm³/mol. The Morgan fingerprint density at radius 1 is 1.00 bits per heavy atom. The third kappa shape index (κ3) is 6.96. The summed E-state index contributed by atoms with van der Waals surface area (Å²) in [6.45, 7) is 5.67. The monoisotopic (exact) mass is 134 g/mol. The highest BCUT2D eigenvalue weighted by atomic mass is 13.7. The summed E-state index contributed by atoms with van der Waals surface area (Å²) in [7, 11) is 0. The Labute approximate surface area is 63.3 Å². The molecule has 0 amide bonds. The average molecular weight is 134 g/mol. The van der Waals surface area contributed by atoms with Gasteiger partial charge in [0.1, 0.15) is 0 Å². The zero-order chi connectivity index (χ0) is 7.66. The quantitative estimate of drug-likeness (QED) is 0.518. The number of allylic oxidation sites excluding steroid dienone is 7. The molecule has 0 aromatic rings. The van der Waals surface area contributed by atoms with E-state index < -0.39 is 0 Å². The normalized spacial score (nSPS) is 12.1. The van der Waals surface area contributed by atoms with Gasteiger partial charge in [-0.2, -0.15) is 0 Å². The lowest BCUT2D eigenvalue weighted by atomic mass is 10.3. The van der Waals surface area contributed by atoms with Crippen LogP contribution in [-0.4, -0.2) is 0 Å². The first-order valence-corrected chi connectivity index (χ1v) is 3.52. The van der Waals surface area contributed by atoms with E-state index in [4.69, 9.17) is 0 Å². The van der Waals surface area contributed by atoms with E-state index in [1.807, 2.05) is 30.4 Å². The molecule has 0 aromatic carbocycles. The maximum atomic E-state index is 3.56. The van der Waals surface area contributed by atoms with Crippen LogP contribution in [0.1, 0.15) is 13.3 Å². The fourth-order valence-corrected chi connectivity index (χ4v) is 0.486. The van der Waals surface area contributed by atoms with Gasteiger partial charge >= 0.3 is 0 Å². The summed E-state index contributed by atoms with van der Waals surface area (Å²) in [5.74, 6) is 0. The minimum absolute atomic E-state index is 1.09. The zero-order valence-electron chi connectivity index (χ0n) is 6.46. The predicted octanol–water partition coefficient (Wildman–Crippen LogP) is 3.25. The second-order valence-electron chi connectivity index (χ2n) is 1.84. The van der Waals surface area contributed by atoms with Crippen molar-refractivity contribution in [3.63, 3.8) is 0 Å². The lowest BCUT2D eigenvalue weighted by Crippen LogP contribution is -1.51. The molecule has 0 bridgehead atoms. The molecule has 0 heteroatoms. The van der Waals surface area contributed by atoms with E-state index in [0.29, 0.717) is 0 Å². The Bertz CT molecular complexity index is 147. The van der Waals surface area contributed by atoms with Gasteiger partial charge in [-0.25, -0.2) is 0 Å². The Morgan fingerprint density at radius 3 is 2.20 bits per heavy atom. The highest BCUT2D eigenvalue weighted by Crippen LogP contribution is 1.82. The fourth-order valence-electron chi connectivity index (χ4n) is 0.486. The van der Waals surface area contributed by atoms with Gasteiger partial charge in [0.15, 0.2) is 0 Å². The molecule has 0 rings (SSSR count). The van der Waals surface area contributed by atoms with Crippen LogP contribution >= 0.6 is 0 Å². The van der Waals surface area contributed by atoms with Crippen molar-refractivity contribution in [3.8, 4) is 0 Å². The van der Waals surface area contributed by atoms with Crippen LogP contribution < -0.4 is 0 Å². The third-order valence-corrected chi connectivity index (χ3v) is 0.952. The summed E-state index contributed by atoms with van der Waals surface area (Å²) >= 11 is 0. The maximum Gasteiger partial charge on any atom is -0.0376 e. The summed E-state index contributed by atoms with van der Waals surface area (Å²) in [5.41, 5.74) is 0. The molecule has 10 heavy (non-hydrogen) atoms. The Hall–Kier alpha value is -1.04. The Kier molecular flexibility index (Phi) is 7.13. The van der Waals surface area contributed by atoms with Crippen molar-refractivity contribution >= 4 is 0 Å². The van der Waals surface area contributed by atoms with Crippen molar-refractivity contribution in [2.45, 2.75) is 13.3 Å². The van der Waals surface area contributed by atoms with Gasteiger partial charge in [0.25, 0.3) is 0 Å². The standard InChI is InChI=1S/C10H14/c1-3-5-7-9-10-8-6-4-2/h3,5-10H,1,4H2,2H3/b7-5-,8-6-,10-9-. The minimum atomic E-state index is 1.09. The summed E-state index contributed by atoms with van der Waals surface area (Å²) in [4.78, 5) is 0.